The standard InChI is InChI=1S/C15H12ClN3O3/c1-21-15(20)10-5-6-19-13(7-10)17-18-14(19)9-22-12-4-2-3-11(16)8-12/h2-8H,9H2,1H3. The van der Waals surface area contributed by atoms with E-state index in [4.69, 9.17) is 16.3 Å². The SMILES string of the molecule is COC(=O)c1ccn2c(COc3cccc(Cl)c3)nnc2c1. The Bertz CT molecular complexity index is 832. The summed E-state index contributed by atoms with van der Waals surface area (Å²) in [7, 11) is 1.33. The van der Waals surface area contributed by atoms with Gasteiger partial charge in [-0.05, 0) is 30.3 Å². The fourth-order valence-electron chi connectivity index (χ4n) is 1.99. The van der Waals surface area contributed by atoms with Crippen LogP contribution in [0.2, 0.25) is 5.02 Å². The quantitative estimate of drug-likeness (QED) is 0.692. The lowest BCUT2D eigenvalue weighted by Gasteiger charge is -2.05. The first-order valence-corrected chi connectivity index (χ1v) is 6.85. The zero-order chi connectivity index (χ0) is 15.5. The second-order valence-electron chi connectivity index (χ2n) is 4.50. The maximum Gasteiger partial charge on any atom is 0.338 e. The van der Waals surface area contributed by atoms with Crippen molar-refractivity contribution < 1.29 is 14.3 Å². The predicted octanol–water partition coefficient (Wildman–Crippen LogP) is 2.75. The van der Waals surface area contributed by atoms with E-state index in [0.717, 1.165) is 0 Å². The molecule has 0 fully saturated rings. The van der Waals surface area contributed by atoms with Crippen molar-refractivity contribution in [2.45, 2.75) is 6.61 Å². The molecular formula is C15H12ClN3O3. The topological polar surface area (TPSA) is 65.7 Å². The summed E-state index contributed by atoms with van der Waals surface area (Å²) in [5.41, 5.74) is 0.970. The first-order valence-electron chi connectivity index (χ1n) is 6.48. The van der Waals surface area contributed by atoms with Crippen molar-refractivity contribution in [2.24, 2.45) is 0 Å². The molecule has 7 heteroatoms. The van der Waals surface area contributed by atoms with Crippen LogP contribution in [0.15, 0.2) is 42.6 Å². The van der Waals surface area contributed by atoms with Crippen LogP contribution >= 0.6 is 11.6 Å². The summed E-state index contributed by atoms with van der Waals surface area (Å²) >= 11 is 5.90. The molecule has 0 aliphatic heterocycles. The van der Waals surface area contributed by atoms with Gasteiger partial charge in [-0.3, -0.25) is 4.40 Å². The Morgan fingerprint density at radius 3 is 2.91 bits per heavy atom. The lowest BCUT2D eigenvalue weighted by molar-refractivity contribution is 0.0600. The predicted molar refractivity (Wildman–Crippen MR) is 80.1 cm³/mol. The number of fused-ring (bicyclic) bond motifs is 1. The maximum atomic E-state index is 11.5. The van der Waals surface area contributed by atoms with E-state index >= 15 is 0 Å². The van der Waals surface area contributed by atoms with Crippen LogP contribution < -0.4 is 4.74 Å². The molecule has 0 unspecified atom stereocenters. The lowest BCUT2D eigenvalue weighted by atomic mass is 10.2. The normalized spacial score (nSPS) is 10.6. The molecule has 0 N–H and O–H groups in total. The molecule has 2 heterocycles. The van der Waals surface area contributed by atoms with Gasteiger partial charge in [0.05, 0.1) is 12.7 Å². The number of esters is 1. The van der Waals surface area contributed by atoms with Crippen molar-refractivity contribution in [3.63, 3.8) is 0 Å². The summed E-state index contributed by atoms with van der Waals surface area (Å²) in [6.07, 6.45) is 1.71. The number of hydrogen-bond acceptors (Lipinski definition) is 5. The molecule has 3 rings (SSSR count). The van der Waals surface area contributed by atoms with Crippen molar-refractivity contribution >= 4 is 23.2 Å². The molecule has 1 aromatic carbocycles. The molecule has 112 valence electrons. The Labute approximate surface area is 131 Å². The van der Waals surface area contributed by atoms with Crippen LogP contribution in [0.3, 0.4) is 0 Å². The van der Waals surface area contributed by atoms with Crippen LogP contribution in [-0.4, -0.2) is 27.7 Å². The van der Waals surface area contributed by atoms with E-state index in [2.05, 4.69) is 14.9 Å². The molecule has 0 bridgehead atoms. The van der Waals surface area contributed by atoms with Crippen LogP contribution in [0.4, 0.5) is 0 Å². The third-order valence-corrected chi connectivity index (χ3v) is 3.30. The van der Waals surface area contributed by atoms with Crippen LogP contribution in [0, 0.1) is 0 Å². The summed E-state index contributed by atoms with van der Waals surface area (Å²) < 4.78 is 12.1. The summed E-state index contributed by atoms with van der Waals surface area (Å²) in [6, 6.07) is 10.4. The Morgan fingerprint density at radius 2 is 2.14 bits per heavy atom. The Kier molecular flexibility index (Phi) is 3.93. The van der Waals surface area contributed by atoms with Gasteiger partial charge in [0, 0.05) is 11.2 Å². The molecule has 0 saturated heterocycles. The minimum atomic E-state index is -0.415. The lowest BCUT2D eigenvalue weighted by Crippen LogP contribution is -2.04. The van der Waals surface area contributed by atoms with E-state index in [0.29, 0.717) is 27.8 Å². The number of hydrogen-bond donors (Lipinski definition) is 0. The van der Waals surface area contributed by atoms with Gasteiger partial charge in [-0.1, -0.05) is 17.7 Å². The van der Waals surface area contributed by atoms with Crippen LogP contribution in [0.25, 0.3) is 5.65 Å². The number of carbonyl (C=O) groups excluding carboxylic acids is 1. The third kappa shape index (κ3) is 2.87. The smallest absolute Gasteiger partial charge is 0.338 e. The molecule has 22 heavy (non-hydrogen) atoms. The van der Waals surface area contributed by atoms with Gasteiger partial charge in [-0.2, -0.15) is 0 Å². The fraction of sp³-hybridized carbons (Fsp3) is 0.133. The molecule has 6 nitrogen and oxygen atoms in total. The van der Waals surface area contributed by atoms with Crippen molar-refractivity contribution in [2.75, 3.05) is 7.11 Å². The molecule has 0 atom stereocenters. The van der Waals surface area contributed by atoms with Gasteiger partial charge in [0.15, 0.2) is 11.5 Å². The Balaban J connectivity index is 1.81. The molecule has 0 aliphatic carbocycles. The molecule has 0 saturated carbocycles. The summed E-state index contributed by atoms with van der Waals surface area (Å²) in [6.45, 7) is 0.235. The minimum Gasteiger partial charge on any atom is -0.486 e. The zero-order valence-electron chi connectivity index (χ0n) is 11.7. The van der Waals surface area contributed by atoms with Crippen LogP contribution in [0.1, 0.15) is 16.2 Å². The molecular weight excluding hydrogens is 306 g/mol. The number of ether oxygens (including phenoxy) is 2. The van der Waals surface area contributed by atoms with Gasteiger partial charge in [-0.15, -0.1) is 10.2 Å². The van der Waals surface area contributed by atoms with E-state index in [1.165, 1.54) is 7.11 Å². The molecule has 2 aromatic heterocycles. The van der Waals surface area contributed by atoms with Crippen LogP contribution in [-0.2, 0) is 11.3 Å². The number of carbonyl (C=O) groups is 1. The number of rotatable bonds is 4. The van der Waals surface area contributed by atoms with Gasteiger partial charge in [-0.25, -0.2) is 4.79 Å². The minimum absolute atomic E-state index is 0.235. The number of methoxy groups -OCH3 is 1. The average molecular weight is 318 g/mol. The highest BCUT2D eigenvalue weighted by Crippen LogP contribution is 2.18. The van der Waals surface area contributed by atoms with E-state index < -0.39 is 5.97 Å². The summed E-state index contributed by atoms with van der Waals surface area (Å²) in [5.74, 6) is 0.851. The van der Waals surface area contributed by atoms with Crippen LogP contribution in [0.5, 0.6) is 5.75 Å². The highest BCUT2D eigenvalue weighted by molar-refractivity contribution is 6.30. The molecule has 0 radical (unpaired) electrons. The highest BCUT2D eigenvalue weighted by Gasteiger charge is 2.11. The average Bonchev–Trinajstić information content (AvgIpc) is 2.94. The van der Waals surface area contributed by atoms with E-state index in [9.17, 15) is 4.79 Å². The molecule has 0 spiro atoms. The van der Waals surface area contributed by atoms with Gasteiger partial charge in [0.25, 0.3) is 0 Å². The summed E-state index contributed by atoms with van der Waals surface area (Å²) in [4.78, 5) is 11.5. The van der Waals surface area contributed by atoms with Gasteiger partial charge in [0.1, 0.15) is 12.4 Å². The molecule has 0 aliphatic rings. The number of aromatic nitrogens is 3. The number of pyridine rings is 1. The molecule has 0 amide bonds. The molecule has 3 aromatic rings. The maximum absolute atomic E-state index is 11.5. The Morgan fingerprint density at radius 1 is 1.27 bits per heavy atom. The largest absolute Gasteiger partial charge is 0.486 e. The monoisotopic (exact) mass is 317 g/mol. The van der Waals surface area contributed by atoms with Gasteiger partial charge in [0.2, 0.25) is 0 Å². The van der Waals surface area contributed by atoms with E-state index in [1.54, 1.807) is 34.9 Å². The van der Waals surface area contributed by atoms with E-state index in [-0.39, 0.29) is 6.61 Å². The second kappa shape index (κ2) is 6.03. The summed E-state index contributed by atoms with van der Waals surface area (Å²) in [5, 5.41) is 8.69. The van der Waals surface area contributed by atoms with Crippen molar-refractivity contribution in [3.05, 3.63) is 59.0 Å². The highest BCUT2D eigenvalue weighted by atomic mass is 35.5. The van der Waals surface area contributed by atoms with Crippen molar-refractivity contribution in [1.29, 1.82) is 0 Å². The fourth-order valence-corrected chi connectivity index (χ4v) is 2.17. The number of benzene rings is 1. The zero-order valence-corrected chi connectivity index (χ0v) is 12.4. The number of nitrogens with zero attached hydrogens (tertiary/aromatic N) is 3. The van der Waals surface area contributed by atoms with Crippen molar-refractivity contribution in [3.8, 4) is 5.75 Å². The second-order valence-corrected chi connectivity index (χ2v) is 4.93. The van der Waals surface area contributed by atoms with Gasteiger partial charge < -0.3 is 9.47 Å². The van der Waals surface area contributed by atoms with E-state index in [1.807, 2.05) is 12.1 Å². The third-order valence-electron chi connectivity index (χ3n) is 3.07. The first-order chi connectivity index (χ1) is 10.7. The number of halogens is 1. The first kappa shape index (κ1) is 14.3. The Hall–Kier alpha value is -2.60. The van der Waals surface area contributed by atoms with Gasteiger partial charge >= 0.3 is 5.97 Å². The van der Waals surface area contributed by atoms with Crippen molar-refractivity contribution in [1.82, 2.24) is 14.6 Å².